The topological polar surface area (TPSA) is 50.6 Å². The van der Waals surface area contributed by atoms with Gasteiger partial charge >= 0.3 is 0 Å². The molecule has 0 N–H and O–H groups in total. The summed E-state index contributed by atoms with van der Waals surface area (Å²) in [5, 5.41) is 9.49. The first-order valence-electron chi connectivity index (χ1n) is 13.5. The fraction of sp³-hybridized carbons (Fsp3) is 0.375. The smallest absolute Gasteiger partial charge is 0.254 e. The molecular weight excluding hydrogens is 475 g/mol. The molecule has 1 heterocycles. The lowest BCUT2D eigenvalue weighted by Crippen LogP contribution is -2.43. The zero-order valence-electron chi connectivity index (χ0n) is 22.8. The first-order valence-corrected chi connectivity index (χ1v) is 13.5. The van der Waals surface area contributed by atoms with Crippen LogP contribution in [-0.4, -0.2) is 46.9 Å². The SMILES string of the molecule is CC(C)N(C(=O)c1ccc(N(c2cc(C#N)ccc2F)C2CCN(Cc3ccccc3)CC2)cc1)C(C)C. The normalized spacial score (nSPS) is 14.5. The minimum absolute atomic E-state index is 0.0139. The van der Waals surface area contributed by atoms with Gasteiger partial charge in [0.15, 0.2) is 0 Å². The van der Waals surface area contributed by atoms with Crippen LogP contribution in [0.5, 0.6) is 0 Å². The van der Waals surface area contributed by atoms with Gasteiger partial charge in [-0.2, -0.15) is 5.26 Å². The van der Waals surface area contributed by atoms with Crippen molar-refractivity contribution in [3.63, 3.8) is 0 Å². The van der Waals surface area contributed by atoms with Gasteiger partial charge in [0.05, 0.1) is 17.3 Å². The van der Waals surface area contributed by atoms with Crippen LogP contribution in [0.3, 0.4) is 0 Å². The molecular formula is C32H37FN4O. The van der Waals surface area contributed by atoms with Crippen LogP contribution in [-0.2, 0) is 6.54 Å². The summed E-state index contributed by atoms with van der Waals surface area (Å²) >= 11 is 0. The van der Waals surface area contributed by atoms with Gasteiger partial charge < -0.3 is 9.80 Å². The Balaban J connectivity index is 1.61. The summed E-state index contributed by atoms with van der Waals surface area (Å²) in [5.74, 6) is -0.373. The Bertz CT molecular complexity index is 1250. The maximum Gasteiger partial charge on any atom is 0.254 e. The Kier molecular flexibility index (Phi) is 8.81. The molecule has 198 valence electrons. The van der Waals surface area contributed by atoms with E-state index in [1.165, 1.54) is 17.7 Å². The number of benzene rings is 3. The number of rotatable bonds is 8. The monoisotopic (exact) mass is 512 g/mol. The number of hydrogen-bond donors (Lipinski definition) is 0. The largest absolute Gasteiger partial charge is 0.336 e. The molecule has 0 spiro atoms. The van der Waals surface area contributed by atoms with Gasteiger partial charge in [0, 0.05) is 49.0 Å². The highest BCUT2D eigenvalue weighted by atomic mass is 19.1. The molecule has 5 nitrogen and oxygen atoms in total. The van der Waals surface area contributed by atoms with Crippen LogP contribution in [0.2, 0.25) is 0 Å². The molecule has 4 rings (SSSR count). The zero-order valence-corrected chi connectivity index (χ0v) is 22.8. The fourth-order valence-electron chi connectivity index (χ4n) is 5.47. The lowest BCUT2D eigenvalue weighted by atomic mass is 9.99. The fourth-order valence-corrected chi connectivity index (χ4v) is 5.47. The van der Waals surface area contributed by atoms with Crippen molar-refractivity contribution in [3.8, 4) is 6.07 Å². The Hall–Kier alpha value is -3.69. The molecule has 0 aliphatic carbocycles. The molecule has 1 fully saturated rings. The third-order valence-corrected chi connectivity index (χ3v) is 7.25. The lowest BCUT2D eigenvalue weighted by molar-refractivity contribution is 0.0643. The van der Waals surface area contributed by atoms with Crippen molar-refractivity contribution in [2.75, 3.05) is 18.0 Å². The number of anilines is 2. The molecule has 0 aromatic heterocycles. The second kappa shape index (κ2) is 12.2. The van der Waals surface area contributed by atoms with Gasteiger partial charge in [-0.15, -0.1) is 0 Å². The van der Waals surface area contributed by atoms with E-state index in [0.29, 0.717) is 16.8 Å². The number of nitriles is 1. The maximum absolute atomic E-state index is 15.2. The molecule has 1 aliphatic rings. The molecule has 0 bridgehead atoms. The van der Waals surface area contributed by atoms with Crippen molar-refractivity contribution < 1.29 is 9.18 Å². The van der Waals surface area contributed by atoms with Crippen LogP contribution < -0.4 is 4.90 Å². The number of hydrogen-bond acceptors (Lipinski definition) is 4. The highest BCUT2D eigenvalue weighted by Crippen LogP contribution is 2.35. The molecule has 0 unspecified atom stereocenters. The summed E-state index contributed by atoms with van der Waals surface area (Å²) in [5.41, 5.74) is 3.53. The summed E-state index contributed by atoms with van der Waals surface area (Å²) in [4.78, 5) is 19.5. The molecule has 1 saturated heterocycles. The second-order valence-corrected chi connectivity index (χ2v) is 10.6. The number of carbonyl (C=O) groups is 1. The predicted molar refractivity (Wildman–Crippen MR) is 151 cm³/mol. The summed E-state index contributed by atoms with van der Waals surface area (Å²) in [6.07, 6.45) is 1.72. The molecule has 0 radical (unpaired) electrons. The Morgan fingerprint density at radius 3 is 2.18 bits per heavy atom. The van der Waals surface area contributed by atoms with E-state index in [4.69, 9.17) is 0 Å². The molecule has 1 aliphatic heterocycles. The van der Waals surface area contributed by atoms with Gasteiger partial charge in [-0.05, 0) is 88.6 Å². The standard InChI is InChI=1S/C32H37FN4O/c1-23(2)36(24(3)4)32(38)27-11-13-28(14-12-27)37(31-20-26(21-34)10-15-30(31)33)29-16-18-35(19-17-29)22-25-8-6-5-7-9-25/h5-15,20,23-24,29H,16-19,22H2,1-4H3. The van der Waals surface area contributed by atoms with Crippen LogP contribution >= 0.6 is 0 Å². The number of likely N-dealkylation sites (tertiary alicyclic amines) is 1. The van der Waals surface area contributed by atoms with Gasteiger partial charge in [-0.3, -0.25) is 9.69 Å². The van der Waals surface area contributed by atoms with E-state index < -0.39 is 0 Å². The molecule has 1 amide bonds. The highest BCUT2D eigenvalue weighted by molar-refractivity contribution is 5.95. The Morgan fingerprint density at radius 1 is 0.974 bits per heavy atom. The van der Waals surface area contributed by atoms with Crippen molar-refractivity contribution in [1.82, 2.24) is 9.80 Å². The molecule has 0 atom stereocenters. The first kappa shape index (κ1) is 27.3. The van der Waals surface area contributed by atoms with E-state index in [0.717, 1.165) is 38.2 Å². The summed E-state index contributed by atoms with van der Waals surface area (Å²) in [6, 6.07) is 24.8. The average Bonchev–Trinajstić information content (AvgIpc) is 2.91. The van der Waals surface area contributed by atoms with Gasteiger partial charge in [0.1, 0.15) is 5.82 Å². The highest BCUT2D eigenvalue weighted by Gasteiger charge is 2.29. The van der Waals surface area contributed by atoms with Crippen LogP contribution in [0, 0.1) is 17.1 Å². The maximum atomic E-state index is 15.2. The van der Waals surface area contributed by atoms with Gasteiger partial charge in [-0.1, -0.05) is 30.3 Å². The average molecular weight is 513 g/mol. The molecule has 38 heavy (non-hydrogen) atoms. The van der Waals surface area contributed by atoms with E-state index in [-0.39, 0.29) is 29.8 Å². The Labute approximate surface area is 226 Å². The van der Waals surface area contributed by atoms with Gasteiger partial charge in [-0.25, -0.2) is 4.39 Å². The quantitative estimate of drug-likeness (QED) is 0.335. The van der Waals surface area contributed by atoms with Crippen molar-refractivity contribution in [3.05, 3.63) is 95.3 Å². The first-order chi connectivity index (χ1) is 18.3. The summed E-state index contributed by atoms with van der Waals surface area (Å²) in [6.45, 7) is 10.7. The van der Waals surface area contributed by atoms with Gasteiger partial charge in [0.2, 0.25) is 0 Å². The molecule has 3 aromatic carbocycles. The minimum Gasteiger partial charge on any atom is -0.336 e. The molecule has 6 heteroatoms. The summed E-state index contributed by atoms with van der Waals surface area (Å²) < 4.78 is 15.2. The van der Waals surface area contributed by atoms with Crippen molar-refractivity contribution in [1.29, 1.82) is 5.26 Å². The number of amides is 1. The molecule has 0 saturated carbocycles. The van der Waals surface area contributed by atoms with E-state index in [1.54, 1.807) is 6.07 Å². The van der Waals surface area contributed by atoms with E-state index >= 15 is 4.39 Å². The van der Waals surface area contributed by atoms with Crippen LogP contribution in [0.15, 0.2) is 72.8 Å². The van der Waals surface area contributed by atoms with E-state index in [9.17, 15) is 10.1 Å². The van der Waals surface area contributed by atoms with Gasteiger partial charge in [0.25, 0.3) is 5.91 Å². The number of nitrogens with zero attached hydrogens (tertiary/aromatic N) is 4. The van der Waals surface area contributed by atoms with E-state index in [2.05, 4.69) is 35.2 Å². The van der Waals surface area contributed by atoms with E-state index in [1.807, 2.05) is 67.8 Å². The van der Waals surface area contributed by atoms with Crippen LogP contribution in [0.25, 0.3) is 0 Å². The zero-order chi connectivity index (χ0) is 27.2. The molecule has 3 aromatic rings. The van der Waals surface area contributed by atoms with Crippen molar-refractivity contribution in [2.45, 2.75) is 65.2 Å². The van der Waals surface area contributed by atoms with Crippen LogP contribution in [0.4, 0.5) is 15.8 Å². The number of halogens is 1. The minimum atomic E-state index is -0.360. The third kappa shape index (κ3) is 6.23. The van der Waals surface area contributed by atoms with Crippen molar-refractivity contribution in [2.24, 2.45) is 0 Å². The predicted octanol–water partition coefficient (Wildman–Crippen LogP) is 6.76. The van der Waals surface area contributed by atoms with Crippen molar-refractivity contribution >= 4 is 17.3 Å². The van der Waals surface area contributed by atoms with Crippen LogP contribution in [0.1, 0.15) is 62.0 Å². The second-order valence-electron chi connectivity index (χ2n) is 10.6. The Morgan fingerprint density at radius 2 is 1.61 bits per heavy atom. The number of carbonyl (C=O) groups excluding carboxylic acids is 1. The lowest BCUT2D eigenvalue weighted by Gasteiger charge is -2.40. The third-order valence-electron chi connectivity index (χ3n) is 7.25. The number of piperidine rings is 1. The summed E-state index contributed by atoms with van der Waals surface area (Å²) in [7, 11) is 0.